The lowest BCUT2D eigenvalue weighted by molar-refractivity contribution is -0.124. The summed E-state index contributed by atoms with van der Waals surface area (Å²) in [5.41, 5.74) is 4.62. The van der Waals surface area contributed by atoms with Crippen LogP contribution in [0.15, 0.2) is 12.1 Å². The molecule has 1 saturated heterocycles. The molecule has 1 aliphatic heterocycles. The molecule has 25 heavy (non-hydrogen) atoms. The molecule has 1 aromatic heterocycles. The van der Waals surface area contributed by atoms with Gasteiger partial charge in [0.05, 0.1) is 11.3 Å². The summed E-state index contributed by atoms with van der Waals surface area (Å²) in [4.78, 5) is 17.0. The van der Waals surface area contributed by atoms with Crippen LogP contribution in [-0.4, -0.2) is 29.6 Å². The van der Waals surface area contributed by atoms with Crippen molar-refractivity contribution in [1.82, 2.24) is 4.98 Å². The normalized spacial score (nSPS) is 16.7. The maximum atomic E-state index is 14.0. The minimum absolute atomic E-state index is 0.0216. The number of nitrogens with one attached hydrogen (secondary N) is 1. The minimum atomic E-state index is -1.07. The third-order valence-corrected chi connectivity index (χ3v) is 4.98. The van der Waals surface area contributed by atoms with Crippen LogP contribution >= 0.6 is 11.3 Å². The average Bonchev–Trinajstić information content (AvgIpc) is 2.87. The second-order valence-electron chi connectivity index (χ2n) is 5.89. The summed E-state index contributed by atoms with van der Waals surface area (Å²) in [6, 6.07) is 1.18. The zero-order valence-electron chi connectivity index (χ0n) is 13.4. The lowest BCUT2D eigenvalue weighted by Crippen LogP contribution is -2.54. The number of halogens is 3. The first kappa shape index (κ1) is 17.8. The predicted octanol–water partition coefficient (Wildman–Crippen LogP) is 2.98. The van der Waals surface area contributed by atoms with Crippen molar-refractivity contribution in [1.29, 1.82) is 0 Å². The van der Waals surface area contributed by atoms with E-state index in [0.717, 1.165) is 11.3 Å². The molecule has 1 amide bonds. The Labute approximate surface area is 146 Å². The number of hydrogen-bond donors (Lipinski definition) is 2. The van der Waals surface area contributed by atoms with E-state index in [2.05, 4.69) is 10.3 Å². The fourth-order valence-electron chi connectivity index (χ4n) is 2.63. The quantitative estimate of drug-likeness (QED) is 0.870. The second-order valence-corrected chi connectivity index (χ2v) is 7.09. The lowest BCUT2D eigenvalue weighted by atomic mass is 9.90. The van der Waals surface area contributed by atoms with Crippen molar-refractivity contribution in [3.8, 4) is 11.3 Å². The Morgan fingerprint density at radius 1 is 1.28 bits per heavy atom. The molecule has 2 heterocycles. The number of ether oxygens (including phenoxy) is 1. The largest absolute Gasteiger partial charge is 0.381 e. The van der Waals surface area contributed by atoms with Gasteiger partial charge in [-0.25, -0.2) is 18.2 Å². The molecule has 134 valence electrons. The number of anilines is 1. The van der Waals surface area contributed by atoms with Crippen molar-refractivity contribution < 1.29 is 22.7 Å². The van der Waals surface area contributed by atoms with Gasteiger partial charge in [-0.1, -0.05) is 0 Å². The molecule has 1 aliphatic rings. The molecule has 0 unspecified atom stereocenters. The molecule has 9 heteroatoms. The summed E-state index contributed by atoms with van der Waals surface area (Å²) in [6.45, 7) is 2.38. The third-order valence-electron chi connectivity index (χ3n) is 4.10. The molecular formula is C16H16F3N3O2S. The van der Waals surface area contributed by atoms with E-state index in [0.29, 0.717) is 43.1 Å². The Bertz CT molecular complexity index is 796. The molecule has 3 N–H and O–H groups in total. The monoisotopic (exact) mass is 371 g/mol. The van der Waals surface area contributed by atoms with E-state index in [1.165, 1.54) is 0 Å². The van der Waals surface area contributed by atoms with Crippen LogP contribution in [0.1, 0.15) is 17.7 Å². The van der Waals surface area contributed by atoms with Crippen molar-refractivity contribution in [2.24, 2.45) is 5.73 Å². The maximum absolute atomic E-state index is 14.0. The Morgan fingerprint density at radius 2 is 1.88 bits per heavy atom. The molecule has 1 aromatic carbocycles. The molecule has 1 fully saturated rings. The summed E-state index contributed by atoms with van der Waals surface area (Å²) in [6.07, 6.45) is 0.745. The summed E-state index contributed by atoms with van der Waals surface area (Å²) in [5.74, 6) is -3.53. The van der Waals surface area contributed by atoms with E-state index in [-0.39, 0.29) is 10.8 Å². The van der Waals surface area contributed by atoms with Gasteiger partial charge in [0.2, 0.25) is 5.91 Å². The first-order chi connectivity index (χ1) is 11.8. The molecule has 0 aliphatic carbocycles. The topological polar surface area (TPSA) is 77.2 Å². The number of aromatic nitrogens is 1. The van der Waals surface area contributed by atoms with E-state index in [9.17, 15) is 18.0 Å². The van der Waals surface area contributed by atoms with Gasteiger partial charge in [-0.05, 0) is 19.8 Å². The minimum Gasteiger partial charge on any atom is -0.381 e. The van der Waals surface area contributed by atoms with Gasteiger partial charge in [0.1, 0.15) is 23.0 Å². The molecular weight excluding hydrogens is 355 g/mol. The first-order valence-electron chi connectivity index (χ1n) is 7.60. The maximum Gasteiger partial charge on any atom is 0.246 e. The number of hydrogen-bond acceptors (Lipinski definition) is 5. The Kier molecular flexibility index (Phi) is 4.81. The van der Waals surface area contributed by atoms with Crippen LogP contribution in [0.3, 0.4) is 0 Å². The van der Waals surface area contributed by atoms with Gasteiger partial charge in [-0.2, -0.15) is 0 Å². The third kappa shape index (κ3) is 3.53. The first-order valence-corrected chi connectivity index (χ1v) is 8.42. The van der Waals surface area contributed by atoms with Gasteiger partial charge >= 0.3 is 0 Å². The molecule has 0 atom stereocenters. The molecule has 2 aromatic rings. The Morgan fingerprint density at radius 3 is 2.48 bits per heavy atom. The highest BCUT2D eigenvalue weighted by Crippen LogP contribution is 2.34. The van der Waals surface area contributed by atoms with Crippen LogP contribution in [0.4, 0.5) is 18.3 Å². The number of thiazole rings is 1. The van der Waals surface area contributed by atoms with Gasteiger partial charge in [0, 0.05) is 30.2 Å². The van der Waals surface area contributed by atoms with Crippen LogP contribution in [-0.2, 0) is 9.53 Å². The van der Waals surface area contributed by atoms with Crippen LogP contribution in [0.2, 0.25) is 0 Å². The van der Waals surface area contributed by atoms with Gasteiger partial charge in [0.25, 0.3) is 0 Å². The van der Waals surface area contributed by atoms with Crippen molar-refractivity contribution in [3.63, 3.8) is 0 Å². The molecule has 0 spiro atoms. The number of carbonyl (C=O) groups is 1. The van der Waals surface area contributed by atoms with E-state index in [1.807, 2.05) is 0 Å². The summed E-state index contributed by atoms with van der Waals surface area (Å²) < 4.78 is 46.2. The van der Waals surface area contributed by atoms with Gasteiger partial charge in [-0.15, -0.1) is 11.3 Å². The van der Waals surface area contributed by atoms with E-state index < -0.39 is 34.5 Å². The zero-order valence-corrected chi connectivity index (χ0v) is 14.2. The highest BCUT2D eigenvalue weighted by molar-refractivity contribution is 7.16. The predicted molar refractivity (Wildman–Crippen MR) is 87.8 cm³/mol. The SMILES string of the molecule is Cc1sc(NC(=O)C2(N)CCOCC2)nc1-c1c(F)cc(F)cc1F. The fourth-order valence-corrected chi connectivity index (χ4v) is 3.45. The molecule has 0 saturated carbocycles. The van der Waals surface area contributed by atoms with Crippen molar-refractivity contribution in [3.05, 3.63) is 34.5 Å². The lowest BCUT2D eigenvalue weighted by Gasteiger charge is -2.31. The number of benzene rings is 1. The van der Waals surface area contributed by atoms with E-state index >= 15 is 0 Å². The Balaban J connectivity index is 1.87. The smallest absolute Gasteiger partial charge is 0.246 e. The summed E-state index contributed by atoms with van der Waals surface area (Å²) >= 11 is 1.06. The van der Waals surface area contributed by atoms with Crippen LogP contribution in [0.5, 0.6) is 0 Å². The molecule has 3 rings (SSSR count). The van der Waals surface area contributed by atoms with Crippen LogP contribution in [0, 0.1) is 24.4 Å². The van der Waals surface area contributed by atoms with Crippen molar-refractivity contribution >= 4 is 22.4 Å². The number of carbonyl (C=O) groups excluding carboxylic acids is 1. The van der Waals surface area contributed by atoms with Crippen LogP contribution < -0.4 is 11.1 Å². The average molecular weight is 371 g/mol. The fraction of sp³-hybridized carbons (Fsp3) is 0.375. The number of rotatable bonds is 3. The molecule has 0 bridgehead atoms. The van der Waals surface area contributed by atoms with E-state index in [1.54, 1.807) is 6.92 Å². The standard InChI is InChI=1S/C16H16F3N3O2S/c1-8-13(12-10(18)6-9(17)7-11(12)19)21-15(25-8)22-14(23)16(20)2-4-24-5-3-16/h6-7H,2-5,20H2,1H3,(H,21,22,23). The van der Waals surface area contributed by atoms with Crippen molar-refractivity contribution in [2.75, 3.05) is 18.5 Å². The highest BCUT2D eigenvalue weighted by atomic mass is 32.1. The number of nitrogens with zero attached hydrogens (tertiary/aromatic N) is 1. The number of amides is 1. The highest BCUT2D eigenvalue weighted by Gasteiger charge is 2.36. The number of nitrogens with two attached hydrogens (primary N) is 1. The number of aryl methyl sites for hydroxylation is 1. The zero-order chi connectivity index (χ0) is 18.2. The van der Waals surface area contributed by atoms with Gasteiger partial charge < -0.3 is 15.8 Å². The van der Waals surface area contributed by atoms with Crippen molar-refractivity contribution in [2.45, 2.75) is 25.3 Å². The molecule has 0 radical (unpaired) electrons. The van der Waals surface area contributed by atoms with Crippen LogP contribution in [0.25, 0.3) is 11.3 Å². The van der Waals surface area contributed by atoms with Gasteiger partial charge in [0.15, 0.2) is 5.13 Å². The van der Waals surface area contributed by atoms with E-state index in [4.69, 9.17) is 10.5 Å². The Hall–Kier alpha value is -1.97. The van der Waals surface area contributed by atoms with Gasteiger partial charge in [-0.3, -0.25) is 4.79 Å². The molecule has 5 nitrogen and oxygen atoms in total. The second kappa shape index (κ2) is 6.74. The summed E-state index contributed by atoms with van der Waals surface area (Å²) in [7, 11) is 0. The summed E-state index contributed by atoms with van der Waals surface area (Å²) in [5, 5.41) is 2.78.